The maximum Gasteiger partial charge on any atom is 0.207 e. The summed E-state index contributed by atoms with van der Waals surface area (Å²) in [6.07, 6.45) is 4.98. The molecule has 0 bridgehead atoms. The van der Waals surface area contributed by atoms with Gasteiger partial charge in [-0.05, 0) is 13.8 Å². The molecule has 78 valence electrons. The summed E-state index contributed by atoms with van der Waals surface area (Å²) in [6, 6.07) is 0. The molecule has 0 unspecified atom stereocenters. The predicted molar refractivity (Wildman–Crippen MR) is 58.2 cm³/mol. The standard InChI is InChI=1S/C10H11N3OS/c1-3-13-6-8(4-12-13)10(14)9-5-11-7(2)15-9/h4-6H,3H2,1-2H3. The van der Waals surface area contributed by atoms with Crippen LogP contribution in [0, 0.1) is 6.92 Å². The molecule has 0 aromatic carbocycles. The summed E-state index contributed by atoms with van der Waals surface area (Å²) in [5, 5.41) is 4.97. The Bertz CT molecular complexity index is 486. The summed E-state index contributed by atoms with van der Waals surface area (Å²) in [5.41, 5.74) is 0.625. The molecule has 0 fully saturated rings. The van der Waals surface area contributed by atoms with Gasteiger partial charge in [0.2, 0.25) is 5.78 Å². The average Bonchev–Trinajstić information content (AvgIpc) is 2.84. The van der Waals surface area contributed by atoms with Gasteiger partial charge in [-0.25, -0.2) is 4.98 Å². The Balaban J connectivity index is 2.28. The van der Waals surface area contributed by atoms with E-state index in [1.807, 2.05) is 13.8 Å². The summed E-state index contributed by atoms with van der Waals surface area (Å²) >= 11 is 1.41. The lowest BCUT2D eigenvalue weighted by molar-refractivity contribution is 0.104. The van der Waals surface area contributed by atoms with Gasteiger partial charge in [-0.2, -0.15) is 5.10 Å². The summed E-state index contributed by atoms with van der Waals surface area (Å²) in [6.45, 7) is 4.64. The Hall–Kier alpha value is -1.49. The van der Waals surface area contributed by atoms with E-state index in [0.29, 0.717) is 10.4 Å². The molecule has 0 aliphatic heterocycles. The minimum absolute atomic E-state index is 0.000278. The molecule has 0 saturated carbocycles. The molecule has 2 aromatic rings. The monoisotopic (exact) mass is 221 g/mol. The number of carbonyl (C=O) groups excluding carboxylic acids is 1. The molecular weight excluding hydrogens is 210 g/mol. The molecule has 0 amide bonds. The molecule has 0 saturated heterocycles. The lowest BCUT2D eigenvalue weighted by Crippen LogP contribution is -1.97. The Kier molecular flexibility index (Phi) is 2.64. The van der Waals surface area contributed by atoms with E-state index in [9.17, 15) is 4.79 Å². The number of hydrogen-bond acceptors (Lipinski definition) is 4. The average molecular weight is 221 g/mol. The lowest BCUT2D eigenvalue weighted by atomic mass is 10.2. The SMILES string of the molecule is CCn1cc(C(=O)c2cnc(C)s2)cn1. The Labute approximate surface area is 91.6 Å². The van der Waals surface area contributed by atoms with Crippen LogP contribution in [-0.2, 0) is 6.54 Å². The fourth-order valence-corrected chi connectivity index (χ4v) is 2.00. The fraction of sp³-hybridized carbons (Fsp3) is 0.300. The zero-order valence-corrected chi connectivity index (χ0v) is 9.41. The topological polar surface area (TPSA) is 47.8 Å². The van der Waals surface area contributed by atoms with E-state index in [0.717, 1.165) is 11.6 Å². The number of carbonyl (C=O) groups is 1. The lowest BCUT2D eigenvalue weighted by Gasteiger charge is -1.91. The quantitative estimate of drug-likeness (QED) is 0.744. The van der Waals surface area contributed by atoms with Crippen molar-refractivity contribution in [2.45, 2.75) is 20.4 Å². The highest BCUT2D eigenvalue weighted by atomic mass is 32.1. The van der Waals surface area contributed by atoms with Gasteiger partial charge in [0.05, 0.1) is 21.6 Å². The van der Waals surface area contributed by atoms with Crippen LogP contribution in [0.2, 0.25) is 0 Å². The molecule has 2 heterocycles. The van der Waals surface area contributed by atoms with Crippen molar-refractivity contribution in [1.82, 2.24) is 14.8 Å². The Morgan fingerprint density at radius 3 is 2.87 bits per heavy atom. The molecule has 2 rings (SSSR count). The van der Waals surface area contributed by atoms with Crippen LogP contribution < -0.4 is 0 Å². The molecular formula is C10H11N3OS. The van der Waals surface area contributed by atoms with Crippen LogP contribution in [0.25, 0.3) is 0 Å². The van der Waals surface area contributed by atoms with E-state index >= 15 is 0 Å². The second-order valence-electron chi connectivity index (χ2n) is 3.16. The number of nitrogens with zero attached hydrogens (tertiary/aromatic N) is 3. The normalized spacial score (nSPS) is 10.5. The molecule has 15 heavy (non-hydrogen) atoms. The molecule has 4 nitrogen and oxygen atoms in total. The molecule has 0 N–H and O–H groups in total. The van der Waals surface area contributed by atoms with Gasteiger partial charge in [0.25, 0.3) is 0 Å². The summed E-state index contributed by atoms with van der Waals surface area (Å²) in [4.78, 5) is 16.6. The van der Waals surface area contributed by atoms with Crippen molar-refractivity contribution in [3.8, 4) is 0 Å². The smallest absolute Gasteiger partial charge is 0.207 e. The van der Waals surface area contributed by atoms with Crippen LogP contribution in [0.5, 0.6) is 0 Å². The first-order valence-electron chi connectivity index (χ1n) is 4.70. The molecule has 0 aliphatic carbocycles. The number of aromatic nitrogens is 3. The van der Waals surface area contributed by atoms with Gasteiger partial charge in [-0.3, -0.25) is 9.48 Å². The minimum Gasteiger partial charge on any atom is -0.288 e. The van der Waals surface area contributed by atoms with E-state index in [-0.39, 0.29) is 5.78 Å². The van der Waals surface area contributed by atoms with Crippen molar-refractivity contribution >= 4 is 17.1 Å². The molecule has 0 spiro atoms. The zero-order valence-electron chi connectivity index (χ0n) is 8.60. The molecule has 5 heteroatoms. The summed E-state index contributed by atoms with van der Waals surface area (Å²) in [5.74, 6) is 0.000278. The third-order valence-corrected chi connectivity index (χ3v) is 2.98. The predicted octanol–water partition coefficient (Wildman–Crippen LogP) is 1.90. The second-order valence-corrected chi connectivity index (χ2v) is 4.39. The number of hydrogen-bond donors (Lipinski definition) is 0. The van der Waals surface area contributed by atoms with Crippen LogP contribution >= 0.6 is 11.3 Å². The largest absolute Gasteiger partial charge is 0.288 e. The highest BCUT2D eigenvalue weighted by Crippen LogP contribution is 2.16. The van der Waals surface area contributed by atoms with Gasteiger partial charge in [0.15, 0.2) is 0 Å². The minimum atomic E-state index is 0.000278. The van der Waals surface area contributed by atoms with E-state index in [1.54, 1.807) is 23.3 Å². The number of thiazole rings is 1. The summed E-state index contributed by atoms with van der Waals surface area (Å²) < 4.78 is 1.74. The van der Waals surface area contributed by atoms with Crippen molar-refractivity contribution < 1.29 is 4.79 Å². The van der Waals surface area contributed by atoms with E-state index < -0.39 is 0 Å². The highest BCUT2D eigenvalue weighted by molar-refractivity contribution is 7.13. The molecule has 0 radical (unpaired) electrons. The molecule has 2 aromatic heterocycles. The maximum absolute atomic E-state index is 11.9. The first-order valence-corrected chi connectivity index (χ1v) is 5.52. The highest BCUT2D eigenvalue weighted by Gasteiger charge is 2.13. The van der Waals surface area contributed by atoms with Crippen molar-refractivity contribution in [2.24, 2.45) is 0 Å². The van der Waals surface area contributed by atoms with E-state index in [4.69, 9.17) is 0 Å². The van der Waals surface area contributed by atoms with Crippen LogP contribution in [0.1, 0.15) is 27.2 Å². The zero-order chi connectivity index (χ0) is 10.8. The first-order chi connectivity index (χ1) is 7.20. The van der Waals surface area contributed by atoms with Crippen LogP contribution in [-0.4, -0.2) is 20.5 Å². The third kappa shape index (κ3) is 1.97. The Morgan fingerprint density at radius 2 is 2.33 bits per heavy atom. The molecule has 0 aliphatic rings. The van der Waals surface area contributed by atoms with Crippen LogP contribution in [0.4, 0.5) is 0 Å². The van der Waals surface area contributed by atoms with Gasteiger partial charge in [0, 0.05) is 18.9 Å². The van der Waals surface area contributed by atoms with Gasteiger partial charge >= 0.3 is 0 Å². The van der Waals surface area contributed by atoms with Crippen molar-refractivity contribution in [3.63, 3.8) is 0 Å². The second kappa shape index (κ2) is 3.94. The number of ketones is 1. The third-order valence-electron chi connectivity index (χ3n) is 2.06. The molecule has 0 atom stereocenters. The van der Waals surface area contributed by atoms with Crippen LogP contribution in [0.3, 0.4) is 0 Å². The Morgan fingerprint density at radius 1 is 1.53 bits per heavy atom. The van der Waals surface area contributed by atoms with Crippen molar-refractivity contribution in [2.75, 3.05) is 0 Å². The number of rotatable bonds is 3. The van der Waals surface area contributed by atoms with Gasteiger partial charge in [-0.15, -0.1) is 11.3 Å². The first kappa shape index (κ1) is 10.0. The van der Waals surface area contributed by atoms with Gasteiger partial charge < -0.3 is 0 Å². The van der Waals surface area contributed by atoms with Gasteiger partial charge in [-0.1, -0.05) is 0 Å². The summed E-state index contributed by atoms with van der Waals surface area (Å²) in [7, 11) is 0. The van der Waals surface area contributed by atoms with Crippen molar-refractivity contribution in [3.05, 3.63) is 34.0 Å². The maximum atomic E-state index is 11.9. The van der Waals surface area contributed by atoms with Crippen LogP contribution in [0.15, 0.2) is 18.6 Å². The van der Waals surface area contributed by atoms with Gasteiger partial charge in [0.1, 0.15) is 0 Å². The van der Waals surface area contributed by atoms with E-state index in [2.05, 4.69) is 10.1 Å². The van der Waals surface area contributed by atoms with E-state index in [1.165, 1.54) is 11.3 Å². The van der Waals surface area contributed by atoms with Crippen molar-refractivity contribution in [1.29, 1.82) is 0 Å². The fourth-order valence-electron chi connectivity index (χ4n) is 1.26. The number of aryl methyl sites for hydroxylation is 2.